The summed E-state index contributed by atoms with van der Waals surface area (Å²) < 4.78 is 14.3. The Labute approximate surface area is 105 Å². The van der Waals surface area contributed by atoms with Crippen molar-refractivity contribution in [3.63, 3.8) is 0 Å². The molecule has 1 aromatic carbocycles. The summed E-state index contributed by atoms with van der Waals surface area (Å²) in [6, 6.07) is 4.70. The summed E-state index contributed by atoms with van der Waals surface area (Å²) in [6.45, 7) is 6.00. The molecule has 0 unspecified atom stereocenters. The van der Waals surface area contributed by atoms with E-state index in [0.29, 0.717) is 5.56 Å². The van der Waals surface area contributed by atoms with Gasteiger partial charge in [-0.15, -0.1) is 12.4 Å². The van der Waals surface area contributed by atoms with Crippen LogP contribution in [0.1, 0.15) is 32.4 Å². The van der Waals surface area contributed by atoms with Gasteiger partial charge < -0.3 is 5.73 Å². The van der Waals surface area contributed by atoms with Crippen molar-refractivity contribution >= 4 is 28.3 Å². The zero-order valence-corrected chi connectivity index (χ0v) is 11.5. The molecule has 0 saturated carbocycles. The third kappa shape index (κ3) is 3.74. The maximum absolute atomic E-state index is 13.5. The predicted octanol–water partition coefficient (Wildman–Crippen LogP) is 4.06. The Morgan fingerprint density at radius 2 is 1.87 bits per heavy atom. The van der Waals surface area contributed by atoms with Gasteiger partial charge in [0.05, 0.1) is 0 Å². The molecular weight excluding hydrogens is 280 g/mol. The Morgan fingerprint density at radius 1 is 1.33 bits per heavy atom. The van der Waals surface area contributed by atoms with Crippen molar-refractivity contribution in [3.8, 4) is 0 Å². The van der Waals surface area contributed by atoms with Crippen LogP contribution in [0.2, 0.25) is 0 Å². The first kappa shape index (κ1) is 14.9. The number of benzene rings is 1. The average molecular weight is 297 g/mol. The minimum absolute atomic E-state index is 0. The van der Waals surface area contributed by atoms with Gasteiger partial charge in [0.25, 0.3) is 0 Å². The van der Waals surface area contributed by atoms with Crippen molar-refractivity contribution in [3.05, 3.63) is 34.1 Å². The molecule has 1 aromatic rings. The molecule has 2 N–H and O–H groups in total. The monoisotopic (exact) mass is 295 g/mol. The molecule has 0 bridgehead atoms. The van der Waals surface area contributed by atoms with Crippen LogP contribution in [-0.4, -0.2) is 0 Å². The molecule has 86 valence electrons. The van der Waals surface area contributed by atoms with E-state index in [1.165, 1.54) is 6.07 Å². The Kier molecular flexibility index (Phi) is 5.24. The fourth-order valence-electron chi connectivity index (χ4n) is 1.22. The molecule has 0 heterocycles. The SMILES string of the molecule is CC(C)(C)[C@H](N)c1ccc(Br)cc1F.Cl. The third-order valence-electron chi connectivity index (χ3n) is 2.23. The molecule has 0 aliphatic heterocycles. The second-order valence-electron chi connectivity index (χ2n) is 4.51. The van der Waals surface area contributed by atoms with E-state index in [0.717, 1.165) is 4.47 Å². The van der Waals surface area contributed by atoms with E-state index < -0.39 is 0 Å². The zero-order valence-electron chi connectivity index (χ0n) is 9.05. The van der Waals surface area contributed by atoms with Crippen molar-refractivity contribution < 1.29 is 4.39 Å². The lowest BCUT2D eigenvalue weighted by molar-refractivity contribution is 0.319. The number of nitrogens with two attached hydrogens (primary N) is 1. The van der Waals surface area contributed by atoms with E-state index >= 15 is 0 Å². The van der Waals surface area contributed by atoms with Gasteiger partial charge in [0.15, 0.2) is 0 Å². The summed E-state index contributed by atoms with van der Waals surface area (Å²) in [5, 5.41) is 0. The Morgan fingerprint density at radius 3 is 2.27 bits per heavy atom. The zero-order chi connectivity index (χ0) is 10.9. The Bertz CT molecular complexity index is 336. The van der Waals surface area contributed by atoms with Crippen LogP contribution in [0.4, 0.5) is 4.39 Å². The van der Waals surface area contributed by atoms with Crippen LogP contribution in [0.15, 0.2) is 22.7 Å². The van der Waals surface area contributed by atoms with Crippen molar-refractivity contribution in [2.24, 2.45) is 11.1 Å². The summed E-state index contributed by atoms with van der Waals surface area (Å²) >= 11 is 3.22. The fraction of sp³-hybridized carbons (Fsp3) is 0.455. The van der Waals surface area contributed by atoms with Gasteiger partial charge in [0, 0.05) is 16.1 Å². The molecule has 0 spiro atoms. The van der Waals surface area contributed by atoms with Gasteiger partial charge in [0.1, 0.15) is 5.82 Å². The van der Waals surface area contributed by atoms with Gasteiger partial charge in [-0.25, -0.2) is 4.39 Å². The standard InChI is InChI=1S/C11H15BrFN.ClH/c1-11(2,3)10(14)8-5-4-7(12)6-9(8)13;/h4-6,10H,14H2,1-3H3;1H/t10-;/m1./s1. The van der Waals surface area contributed by atoms with Crippen LogP contribution in [0.3, 0.4) is 0 Å². The van der Waals surface area contributed by atoms with Crippen LogP contribution in [0, 0.1) is 11.2 Å². The summed E-state index contributed by atoms with van der Waals surface area (Å²) in [5.74, 6) is -0.248. The van der Waals surface area contributed by atoms with E-state index in [1.807, 2.05) is 26.8 Å². The first-order chi connectivity index (χ1) is 6.32. The molecule has 4 heteroatoms. The molecule has 0 fully saturated rings. The van der Waals surface area contributed by atoms with Crippen LogP contribution < -0.4 is 5.73 Å². The van der Waals surface area contributed by atoms with Gasteiger partial charge >= 0.3 is 0 Å². The van der Waals surface area contributed by atoms with Crippen molar-refractivity contribution in [1.29, 1.82) is 0 Å². The van der Waals surface area contributed by atoms with E-state index in [-0.39, 0.29) is 29.7 Å². The minimum atomic E-state index is -0.282. The lowest BCUT2D eigenvalue weighted by Gasteiger charge is -2.27. The third-order valence-corrected chi connectivity index (χ3v) is 2.72. The average Bonchev–Trinajstić information content (AvgIpc) is 2.01. The highest BCUT2D eigenvalue weighted by molar-refractivity contribution is 9.10. The lowest BCUT2D eigenvalue weighted by Crippen LogP contribution is -2.27. The molecule has 0 saturated heterocycles. The molecular formula is C11H16BrClFN. The number of rotatable bonds is 1. The Balaban J connectivity index is 0.00000196. The van der Waals surface area contributed by atoms with Crippen LogP contribution in [0.5, 0.6) is 0 Å². The van der Waals surface area contributed by atoms with E-state index in [9.17, 15) is 4.39 Å². The van der Waals surface area contributed by atoms with Gasteiger partial charge in [-0.05, 0) is 17.5 Å². The topological polar surface area (TPSA) is 26.0 Å². The van der Waals surface area contributed by atoms with Crippen LogP contribution in [0.25, 0.3) is 0 Å². The maximum Gasteiger partial charge on any atom is 0.129 e. The first-order valence-corrected chi connectivity index (χ1v) is 5.32. The summed E-state index contributed by atoms with van der Waals surface area (Å²) in [5.41, 5.74) is 6.41. The second kappa shape index (κ2) is 5.28. The maximum atomic E-state index is 13.5. The Hall–Kier alpha value is -0.120. The van der Waals surface area contributed by atoms with E-state index in [4.69, 9.17) is 5.73 Å². The molecule has 0 aliphatic carbocycles. The quantitative estimate of drug-likeness (QED) is 0.831. The molecule has 1 nitrogen and oxygen atoms in total. The highest BCUT2D eigenvalue weighted by Gasteiger charge is 2.24. The molecule has 1 atom stereocenters. The largest absolute Gasteiger partial charge is 0.323 e. The summed E-state index contributed by atoms with van der Waals surface area (Å²) in [6.07, 6.45) is 0. The number of hydrogen-bond donors (Lipinski definition) is 1. The highest BCUT2D eigenvalue weighted by atomic mass is 79.9. The fourth-order valence-corrected chi connectivity index (χ4v) is 1.55. The normalized spacial score (nSPS) is 13.2. The van der Waals surface area contributed by atoms with Gasteiger partial charge in [-0.3, -0.25) is 0 Å². The molecule has 15 heavy (non-hydrogen) atoms. The molecule has 1 rings (SSSR count). The van der Waals surface area contributed by atoms with Gasteiger partial charge in [0.2, 0.25) is 0 Å². The van der Waals surface area contributed by atoms with Gasteiger partial charge in [-0.1, -0.05) is 42.8 Å². The van der Waals surface area contributed by atoms with Crippen LogP contribution >= 0.6 is 28.3 Å². The minimum Gasteiger partial charge on any atom is -0.323 e. The second-order valence-corrected chi connectivity index (χ2v) is 5.43. The van der Waals surface area contributed by atoms with E-state index in [2.05, 4.69) is 15.9 Å². The van der Waals surface area contributed by atoms with Gasteiger partial charge in [-0.2, -0.15) is 0 Å². The van der Waals surface area contributed by atoms with Crippen LogP contribution in [-0.2, 0) is 0 Å². The van der Waals surface area contributed by atoms with Crippen molar-refractivity contribution in [2.75, 3.05) is 0 Å². The summed E-state index contributed by atoms with van der Waals surface area (Å²) in [7, 11) is 0. The highest BCUT2D eigenvalue weighted by Crippen LogP contribution is 2.32. The molecule has 0 radical (unpaired) electrons. The van der Waals surface area contributed by atoms with E-state index in [1.54, 1.807) is 6.07 Å². The molecule has 0 aliphatic rings. The molecule has 0 aromatic heterocycles. The number of hydrogen-bond acceptors (Lipinski definition) is 1. The van der Waals surface area contributed by atoms with Crippen molar-refractivity contribution in [2.45, 2.75) is 26.8 Å². The molecule has 0 amide bonds. The first-order valence-electron chi connectivity index (χ1n) is 4.53. The predicted molar refractivity (Wildman–Crippen MR) is 67.7 cm³/mol. The lowest BCUT2D eigenvalue weighted by atomic mass is 9.83. The van der Waals surface area contributed by atoms with Crippen molar-refractivity contribution in [1.82, 2.24) is 0 Å². The number of halogens is 3. The summed E-state index contributed by atoms with van der Waals surface area (Å²) in [4.78, 5) is 0. The smallest absolute Gasteiger partial charge is 0.129 e.